The fraction of sp³-hybridized carbons (Fsp3) is 0.250. The summed E-state index contributed by atoms with van der Waals surface area (Å²) in [6.45, 7) is 3.94. The van der Waals surface area contributed by atoms with Crippen molar-refractivity contribution in [2.75, 3.05) is 6.61 Å². The minimum Gasteiger partial charge on any atom is -0.493 e. The lowest BCUT2D eigenvalue weighted by Gasteiger charge is -2.22. The number of rotatable bonds is 4. The fourth-order valence-corrected chi connectivity index (χ4v) is 5.94. The first-order valence-electron chi connectivity index (χ1n) is 13.3. The van der Waals surface area contributed by atoms with Crippen molar-refractivity contribution in [3.63, 3.8) is 0 Å². The third-order valence-electron chi connectivity index (χ3n) is 7.81. The largest absolute Gasteiger partial charge is 0.493 e. The quantitative estimate of drug-likeness (QED) is 0.201. The van der Waals surface area contributed by atoms with Crippen molar-refractivity contribution in [2.24, 2.45) is 0 Å². The van der Waals surface area contributed by atoms with Gasteiger partial charge in [0.25, 0.3) is 5.56 Å². The van der Waals surface area contributed by atoms with Crippen LogP contribution in [0.15, 0.2) is 65.6 Å². The van der Waals surface area contributed by atoms with Crippen LogP contribution in [0, 0.1) is 6.92 Å². The third-order valence-corrected chi connectivity index (χ3v) is 7.81. The van der Waals surface area contributed by atoms with E-state index in [1.165, 1.54) is 10.6 Å². The van der Waals surface area contributed by atoms with Gasteiger partial charge in [-0.05, 0) is 89.7 Å². The first kappa shape index (κ1) is 27.8. The molecule has 3 aromatic carbocycles. The number of aromatic nitrogens is 2. The number of ether oxygens (including phenoxy) is 1. The van der Waals surface area contributed by atoms with E-state index in [9.17, 15) is 31.1 Å². The molecule has 0 spiro atoms. The summed E-state index contributed by atoms with van der Waals surface area (Å²) in [5.41, 5.74) is 1.95. The number of alkyl halides is 6. The van der Waals surface area contributed by atoms with Crippen LogP contribution < -0.4 is 10.3 Å². The van der Waals surface area contributed by atoms with Crippen LogP contribution >= 0.6 is 0 Å². The zero-order chi connectivity index (χ0) is 30.0. The maximum Gasteiger partial charge on any atom is 0.416 e. The van der Waals surface area contributed by atoms with E-state index in [1.54, 1.807) is 18.3 Å². The van der Waals surface area contributed by atoms with Crippen LogP contribution in [0.25, 0.3) is 32.9 Å². The molecule has 1 aliphatic heterocycles. The Hall–Kier alpha value is -4.34. The maximum atomic E-state index is 13.5. The molecule has 0 amide bonds. The van der Waals surface area contributed by atoms with E-state index >= 15 is 0 Å². The predicted octanol–water partition coefficient (Wildman–Crippen LogP) is 8.11. The molecule has 5 aromatic rings. The molecule has 4 nitrogen and oxygen atoms in total. The molecule has 0 atom stereocenters. The average molecular weight is 583 g/mol. The molecule has 216 valence electrons. The van der Waals surface area contributed by atoms with Crippen molar-refractivity contribution in [3.05, 3.63) is 105 Å². The van der Waals surface area contributed by atoms with E-state index in [1.807, 2.05) is 32.0 Å². The summed E-state index contributed by atoms with van der Waals surface area (Å²) in [6.07, 6.45) is -6.89. The second-order valence-electron chi connectivity index (χ2n) is 10.4. The first-order chi connectivity index (χ1) is 19.9. The maximum absolute atomic E-state index is 13.5. The van der Waals surface area contributed by atoms with Crippen molar-refractivity contribution < 1.29 is 31.1 Å². The highest BCUT2D eigenvalue weighted by atomic mass is 19.4. The van der Waals surface area contributed by atoms with Gasteiger partial charge in [-0.1, -0.05) is 6.92 Å². The number of halogens is 6. The van der Waals surface area contributed by atoms with Crippen molar-refractivity contribution >= 4 is 21.8 Å². The highest BCUT2D eigenvalue weighted by Crippen LogP contribution is 2.42. The highest BCUT2D eigenvalue weighted by Gasteiger charge is 2.37. The van der Waals surface area contributed by atoms with Gasteiger partial charge in [-0.25, -0.2) is 0 Å². The van der Waals surface area contributed by atoms with Gasteiger partial charge in [0.15, 0.2) is 0 Å². The van der Waals surface area contributed by atoms with Gasteiger partial charge >= 0.3 is 12.4 Å². The van der Waals surface area contributed by atoms with Gasteiger partial charge in [0.2, 0.25) is 0 Å². The van der Waals surface area contributed by atoms with Gasteiger partial charge in [0.05, 0.1) is 35.3 Å². The highest BCUT2D eigenvalue weighted by molar-refractivity contribution is 6.07. The number of fused-ring (bicyclic) bond motifs is 1. The molecule has 0 saturated carbocycles. The van der Waals surface area contributed by atoms with Crippen molar-refractivity contribution in [1.29, 1.82) is 0 Å². The Bertz CT molecular complexity index is 1900. The summed E-state index contributed by atoms with van der Waals surface area (Å²) in [7, 11) is 0. The van der Waals surface area contributed by atoms with Crippen LogP contribution in [-0.4, -0.2) is 16.2 Å². The summed E-state index contributed by atoms with van der Waals surface area (Å²) in [5, 5.41) is 1.54. The molecule has 10 heteroatoms. The van der Waals surface area contributed by atoms with Crippen LogP contribution in [0.3, 0.4) is 0 Å². The Morgan fingerprint density at radius 2 is 1.64 bits per heavy atom. The van der Waals surface area contributed by atoms with Gasteiger partial charge in [-0.2, -0.15) is 26.3 Å². The summed E-state index contributed by atoms with van der Waals surface area (Å²) in [5.74, 6) is 0.722. The van der Waals surface area contributed by atoms with E-state index < -0.39 is 35.6 Å². The van der Waals surface area contributed by atoms with Gasteiger partial charge in [0.1, 0.15) is 5.75 Å². The zero-order valence-electron chi connectivity index (χ0n) is 22.6. The molecule has 0 radical (unpaired) electrons. The Morgan fingerprint density at radius 3 is 2.31 bits per heavy atom. The number of nitrogens with zero attached hydrogens (tertiary/aromatic N) is 2. The Kier molecular flexibility index (Phi) is 6.55. The molecule has 0 bridgehead atoms. The lowest BCUT2D eigenvalue weighted by molar-refractivity contribution is -0.143. The Morgan fingerprint density at radius 1 is 0.929 bits per heavy atom. The van der Waals surface area contributed by atoms with Gasteiger partial charge in [-0.3, -0.25) is 9.78 Å². The van der Waals surface area contributed by atoms with Crippen molar-refractivity contribution in [3.8, 4) is 16.9 Å². The monoisotopic (exact) mass is 582 g/mol. The van der Waals surface area contributed by atoms with E-state index in [4.69, 9.17) is 4.74 Å². The Balaban J connectivity index is 1.61. The second-order valence-corrected chi connectivity index (χ2v) is 10.4. The number of pyridine rings is 2. The van der Waals surface area contributed by atoms with E-state index in [0.29, 0.717) is 36.1 Å². The minimum atomic E-state index is -5.00. The normalized spacial score (nSPS) is 13.5. The van der Waals surface area contributed by atoms with Gasteiger partial charge < -0.3 is 9.30 Å². The molecule has 1 aliphatic rings. The molecule has 0 N–H and O–H groups in total. The molecule has 0 unspecified atom stereocenters. The molecule has 42 heavy (non-hydrogen) atoms. The predicted molar refractivity (Wildman–Crippen MR) is 148 cm³/mol. The molecule has 0 aliphatic carbocycles. The lowest BCUT2D eigenvalue weighted by atomic mass is 9.88. The molecule has 6 rings (SSSR count). The standard InChI is InChI=1S/C32H24F6N2O2/c1-3-22-17(2)12-25-23(29(22)24-4-6-26-28-19(9-11-42-26)8-10-39-30(24)28)5-7-27(41)40(25)16-18-13-20(31(33,34)35)15-21(14-18)32(36,37)38/h4-8,10,12-15H,3,9,11,16H2,1-2H3. The number of benzene rings is 3. The number of aryl methyl sites for hydroxylation is 1. The lowest BCUT2D eigenvalue weighted by Crippen LogP contribution is -2.21. The molecular weight excluding hydrogens is 558 g/mol. The minimum absolute atomic E-state index is 0.0831. The summed E-state index contributed by atoms with van der Waals surface area (Å²) in [4.78, 5) is 17.8. The van der Waals surface area contributed by atoms with E-state index in [-0.39, 0.29) is 11.6 Å². The SMILES string of the molecule is CCc1c(C)cc2c(ccc(=O)n2Cc2cc(C(F)(F)F)cc(C(F)(F)F)c2)c1-c1ccc2c3c(ccnc13)CCO2. The van der Waals surface area contributed by atoms with Crippen LogP contribution in [-0.2, 0) is 31.7 Å². The van der Waals surface area contributed by atoms with E-state index in [0.717, 1.165) is 50.9 Å². The number of hydrogen-bond acceptors (Lipinski definition) is 3. The molecule has 0 saturated heterocycles. The summed E-state index contributed by atoms with van der Waals surface area (Å²) < 4.78 is 88.4. The average Bonchev–Trinajstić information content (AvgIpc) is 2.94. The topological polar surface area (TPSA) is 44.1 Å². The van der Waals surface area contributed by atoms with Crippen LogP contribution in [0.4, 0.5) is 26.3 Å². The fourth-order valence-electron chi connectivity index (χ4n) is 5.94. The summed E-state index contributed by atoms with van der Waals surface area (Å²) in [6, 6.07) is 11.9. The van der Waals surface area contributed by atoms with Crippen molar-refractivity contribution in [2.45, 2.75) is 45.6 Å². The molecule has 2 aromatic heterocycles. The number of hydrogen-bond donors (Lipinski definition) is 0. The second kappa shape index (κ2) is 9.89. The van der Waals surface area contributed by atoms with Gasteiger partial charge in [0, 0.05) is 35.0 Å². The smallest absolute Gasteiger partial charge is 0.416 e. The van der Waals surface area contributed by atoms with Crippen LogP contribution in [0.1, 0.15) is 40.3 Å². The van der Waals surface area contributed by atoms with Crippen LogP contribution in [0.5, 0.6) is 5.75 Å². The zero-order valence-corrected chi connectivity index (χ0v) is 22.6. The van der Waals surface area contributed by atoms with Crippen molar-refractivity contribution in [1.82, 2.24) is 9.55 Å². The van der Waals surface area contributed by atoms with E-state index in [2.05, 4.69) is 4.98 Å². The Labute approximate surface area is 236 Å². The third kappa shape index (κ3) is 4.68. The molecule has 3 heterocycles. The van der Waals surface area contributed by atoms with Crippen LogP contribution in [0.2, 0.25) is 0 Å². The molecular formula is C32H24F6N2O2. The van der Waals surface area contributed by atoms with Gasteiger partial charge in [-0.15, -0.1) is 0 Å². The first-order valence-corrected chi connectivity index (χ1v) is 13.3. The molecule has 0 fully saturated rings. The summed E-state index contributed by atoms with van der Waals surface area (Å²) >= 11 is 0.